The molecule has 4 rings (SSSR count). The Balaban J connectivity index is 1.90. The quantitative estimate of drug-likeness (QED) is 0.673. The summed E-state index contributed by atoms with van der Waals surface area (Å²) < 4.78 is 0. The average Bonchev–Trinajstić information content (AvgIpc) is 2.71. The monoisotopic (exact) mass is 219 g/mol. The summed E-state index contributed by atoms with van der Waals surface area (Å²) in [5.74, 6) is 0.440. The molecular formula is C11H9NO4. The fraction of sp³-hybridized carbons (Fsp3) is 0.364. The lowest BCUT2D eigenvalue weighted by Crippen LogP contribution is -2.35. The van der Waals surface area contributed by atoms with Gasteiger partial charge in [0, 0.05) is 11.8 Å². The van der Waals surface area contributed by atoms with Gasteiger partial charge in [-0.25, -0.2) is 0 Å². The van der Waals surface area contributed by atoms with Gasteiger partial charge >= 0.3 is 0 Å². The molecule has 1 saturated carbocycles. The first kappa shape index (κ1) is 8.69. The van der Waals surface area contributed by atoms with E-state index in [1.807, 2.05) is 18.2 Å². The van der Waals surface area contributed by atoms with E-state index in [4.69, 9.17) is 0 Å². The van der Waals surface area contributed by atoms with E-state index in [9.17, 15) is 4.79 Å². The Labute approximate surface area is 91.3 Å². The molecule has 1 aromatic rings. The van der Waals surface area contributed by atoms with Crippen molar-refractivity contribution in [2.75, 3.05) is 5.23 Å². The first-order chi connectivity index (χ1) is 7.86. The van der Waals surface area contributed by atoms with Crippen molar-refractivity contribution < 1.29 is 19.8 Å². The summed E-state index contributed by atoms with van der Waals surface area (Å²) in [5.41, 5.74) is 2.95. The first-order valence-corrected chi connectivity index (χ1v) is 5.34. The number of fused-ring (bicyclic) bond motifs is 5. The van der Waals surface area contributed by atoms with E-state index >= 15 is 0 Å². The van der Waals surface area contributed by atoms with Crippen LogP contribution in [-0.2, 0) is 19.8 Å². The van der Waals surface area contributed by atoms with Gasteiger partial charge in [-0.3, -0.25) is 4.79 Å². The standard InChI is InChI=1S/C11H9NO4/c13-11-7-4-5-8(11)10-6(7)2-1-3-9(10)12-14-16-15-12/h1-3,7-8H,4-5H2. The number of nitrogens with zero attached hydrogens (tertiary/aromatic N) is 1. The maximum Gasteiger partial charge on any atom is 0.147 e. The molecule has 2 unspecified atom stereocenters. The van der Waals surface area contributed by atoms with Crippen LogP contribution in [0.15, 0.2) is 18.2 Å². The number of ketones is 1. The molecule has 16 heavy (non-hydrogen) atoms. The largest absolute Gasteiger partial charge is 0.298 e. The Bertz CT molecular complexity index is 483. The van der Waals surface area contributed by atoms with Gasteiger partial charge in [-0.2, -0.15) is 0 Å². The molecule has 0 N–H and O–H groups in total. The molecule has 1 heterocycles. The molecule has 2 fully saturated rings. The van der Waals surface area contributed by atoms with Crippen LogP contribution in [0.1, 0.15) is 35.8 Å². The molecule has 0 aromatic heterocycles. The number of Topliss-reactive ketones (excluding diaryl/α,β-unsaturated/α-hetero) is 1. The van der Waals surface area contributed by atoms with Crippen LogP contribution in [0.3, 0.4) is 0 Å². The first-order valence-electron chi connectivity index (χ1n) is 5.34. The van der Waals surface area contributed by atoms with Crippen molar-refractivity contribution in [3.05, 3.63) is 29.3 Å². The molecule has 3 aliphatic rings. The minimum Gasteiger partial charge on any atom is -0.298 e. The number of rotatable bonds is 1. The number of benzene rings is 1. The minimum absolute atomic E-state index is 0.0176. The molecule has 0 spiro atoms. The van der Waals surface area contributed by atoms with Crippen molar-refractivity contribution in [3.8, 4) is 0 Å². The van der Waals surface area contributed by atoms with E-state index in [0.717, 1.165) is 29.7 Å². The van der Waals surface area contributed by atoms with E-state index < -0.39 is 0 Å². The number of hydrogen-bond donors (Lipinski definition) is 0. The summed E-state index contributed by atoms with van der Waals surface area (Å²) in [5, 5.41) is 5.40. The lowest BCUT2D eigenvalue weighted by molar-refractivity contribution is -0.668. The number of carbonyl (C=O) groups excluding carboxylic acids is 1. The van der Waals surface area contributed by atoms with Gasteiger partial charge in [-0.05, 0) is 45.0 Å². The van der Waals surface area contributed by atoms with Crippen molar-refractivity contribution in [2.24, 2.45) is 0 Å². The van der Waals surface area contributed by atoms with Crippen molar-refractivity contribution in [1.29, 1.82) is 0 Å². The molecule has 2 aliphatic carbocycles. The Morgan fingerprint density at radius 2 is 2.00 bits per heavy atom. The summed E-state index contributed by atoms with van der Waals surface area (Å²) in [6.45, 7) is 0. The van der Waals surface area contributed by atoms with Gasteiger partial charge in [0.15, 0.2) is 0 Å². The third-order valence-electron chi connectivity index (χ3n) is 3.66. The molecule has 82 valence electrons. The summed E-state index contributed by atoms with van der Waals surface area (Å²) >= 11 is 0. The Hall–Kier alpha value is -1.43. The second-order valence-corrected chi connectivity index (χ2v) is 4.34. The van der Waals surface area contributed by atoms with E-state index in [2.05, 4.69) is 15.0 Å². The van der Waals surface area contributed by atoms with Crippen LogP contribution < -0.4 is 5.23 Å². The third kappa shape index (κ3) is 0.886. The van der Waals surface area contributed by atoms with Gasteiger partial charge in [0.2, 0.25) is 0 Å². The van der Waals surface area contributed by atoms with E-state index in [-0.39, 0.29) is 11.8 Å². The molecule has 2 bridgehead atoms. The van der Waals surface area contributed by atoms with Gasteiger partial charge < -0.3 is 0 Å². The maximum absolute atomic E-state index is 12.0. The fourth-order valence-corrected chi connectivity index (χ4v) is 3.01. The zero-order valence-corrected chi connectivity index (χ0v) is 8.38. The number of carbonyl (C=O) groups is 1. The van der Waals surface area contributed by atoms with E-state index in [1.54, 1.807) is 0 Å². The maximum atomic E-state index is 12.0. The van der Waals surface area contributed by atoms with Gasteiger partial charge in [0.1, 0.15) is 11.5 Å². The zero-order valence-electron chi connectivity index (χ0n) is 8.38. The Morgan fingerprint density at radius 3 is 2.75 bits per heavy atom. The summed E-state index contributed by atoms with van der Waals surface area (Å²) in [6, 6.07) is 5.80. The number of anilines is 1. The zero-order chi connectivity index (χ0) is 10.7. The molecule has 2 atom stereocenters. The van der Waals surface area contributed by atoms with Gasteiger partial charge in [-0.1, -0.05) is 17.4 Å². The molecule has 5 nitrogen and oxygen atoms in total. The Kier molecular flexibility index (Phi) is 1.53. The highest BCUT2D eigenvalue weighted by atomic mass is 17.7. The highest BCUT2D eigenvalue weighted by molar-refractivity contribution is 6.00. The van der Waals surface area contributed by atoms with Crippen LogP contribution >= 0.6 is 0 Å². The molecule has 1 saturated heterocycles. The van der Waals surface area contributed by atoms with Crippen LogP contribution in [0.4, 0.5) is 5.69 Å². The van der Waals surface area contributed by atoms with E-state index in [1.165, 1.54) is 5.23 Å². The molecule has 5 heteroatoms. The molecule has 0 amide bonds. The van der Waals surface area contributed by atoms with Crippen molar-refractivity contribution in [2.45, 2.75) is 24.7 Å². The minimum atomic E-state index is 0.0176. The summed E-state index contributed by atoms with van der Waals surface area (Å²) in [7, 11) is 0. The molecule has 0 radical (unpaired) electrons. The van der Waals surface area contributed by atoms with Gasteiger partial charge in [-0.15, -0.1) is 0 Å². The van der Waals surface area contributed by atoms with E-state index in [0.29, 0.717) is 5.78 Å². The lowest BCUT2D eigenvalue weighted by Gasteiger charge is -2.28. The highest BCUT2D eigenvalue weighted by Crippen LogP contribution is 2.53. The fourth-order valence-electron chi connectivity index (χ4n) is 3.01. The topological polar surface area (TPSA) is 48.0 Å². The van der Waals surface area contributed by atoms with Gasteiger partial charge in [0.05, 0.1) is 0 Å². The van der Waals surface area contributed by atoms with Crippen LogP contribution in [0.25, 0.3) is 0 Å². The second kappa shape index (κ2) is 2.82. The smallest absolute Gasteiger partial charge is 0.147 e. The van der Waals surface area contributed by atoms with Crippen molar-refractivity contribution >= 4 is 11.5 Å². The van der Waals surface area contributed by atoms with Crippen LogP contribution in [-0.4, -0.2) is 5.78 Å². The highest BCUT2D eigenvalue weighted by Gasteiger charge is 2.47. The predicted octanol–water partition coefficient (Wildman–Crippen LogP) is 1.76. The average molecular weight is 219 g/mol. The predicted molar refractivity (Wildman–Crippen MR) is 51.9 cm³/mol. The third-order valence-corrected chi connectivity index (χ3v) is 3.66. The molecular weight excluding hydrogens is 210 g/mol. The van der Waals surface area contributed by atoms with Gasteiger partial charge in [0.25, 0.3) is 0 Å². The molecule has 1 aliphatic heterocycles. The van der Waals surface area contributed by atoms with Crippen LogP contribution in [0.5, 0.6) is 0 Å². The SMILES string of the molecule is O=C1C2CCC1c1c2cccc1N1OOO1. The van der Waals surface area contributed by atoms with Crippen molar-refractivity contribution in [3.63, 3.8) is 0 Å². The number of hydrogen-bond acceptors (Lipinski definition) is 5. The summed E-state index contributed by atoms with van der Waals surface area (Å²) in [4.78, 5) is 21.3. The normalized spacial score (nSPS) is 30.5. The van der Waals surface area contributed by atoms with Crippen LogP contribution in [0, 0.1) is 0 Å². The summed E-state index contributed by atoms with van der Waals surface area (Å²) in [6.07, 6.45) is 1.90. The molecule has 1 aromatic carbocycles. The van der Waals surface area contributed by atoms with Crippen molar-refractivity contribution in [1.82, 2.24) is 0 Å². The van der Waals surface area contributed by atoms with Crippen LogP contribution in [0.2, 0.25) is 0 Å². The second-order valence-electron chi connectivity index (χ2n) is 4.34. The Morgan fingerprint density at radius 1 is 1.19 bits per heavy atom. The lowest BCUT2D eigenvalue weighted by atomic mass is 9.90.